The van der Waals surface area contributed by atoms with E-state index < -0.39 is 10.0 Å². The van der Waals surface area contributed by atoms with E-state index in [1.54, 1.807) is 12.4 Å². The maximum absolute atomic E-state index is 12.9. The number of carbonyl (C=O) groups is 1. The van der Waals surface area contributed by atoms with Crippen LogP contribution in [0.15, 0.2) is 53.7 Å². The Morgan fingerprint density at radius 1 is 1.26 bits per heavy atom. The second-order valence-electron chi connectivity index (χ2n) is 6.25. The van der Waals surface area contributed by atoms with Gasteiger partial charge in [-0.15, -0.1) is 0 Å². The smallest absolute Gasteiger partial charge is 0.262 e. The molecule has 0 aliphatic carbocycles. The van der Waals surface area contributed by atoms with Crippen LogP contribution in [-0.4, -0.2) is 48.4 Å². The monoisotopic (exact) mass is 386 g/mol. The number of fused-ring (bicyclic) bond motifs is 2. The lowest BCUT2D eigenvalue weighted by Crippen LogP contribution is -2.30. The number of carbonyl (C=O) groups excluding carboxylic acids is 1. The summed E-state index contributed by atoms with van der Waals surface area (Å²) < 4.78 is 34.2. The molecule has 3 aromatic rings. The summed E-state index contributed by atoms with van der Waals surface area (Å²) in [6.45, 7) is 0.682. The largest absolute Gasteiger partial charge is 0.482 e. The Labute approximate surface area is 156 Å². The fraction of sp³-hybridized carbons (Fsp3) is 0.222. The minimum Gasteiger partial charge on any atom is -0.482 e. The lowest BCUT2D eigenvalue weighted by atomic mass is 10.2. The molecule has 2 heterocycles. The molecule has 1 aliphatic rings. The number of hydrogen-bond acceptors (Lipinski definition) is 5. The van der Waals surface area contributed by atoms with E-state index in [9.17, 15) is 13.2 Å². The third kappa shape index (κ3) is 3.26. The number of para-hydroxylation sites is 2. The van der Waals surface area contributed by atoms with Crippen molar-refractivity contribution in [2.45, 2.75) is 11.4 Å². The number of nitrogens with one attached hydrogen (secondary N) is 1. The topological polar surface area (TPSA) is 93.5 Å². The van der Waals surface area contributed by atoms with Crippen molar-refractivity contribution in [2.24, 2.45) is 0 Å². The van der Waals surface area contributed by atoms with Crippen LogP contribution in [0.25, 0.3) is 11.0 Å². The maximum Gasteiger partial charge on any atom is 0.262 e. The van der Waals surface area contributed by atoms with E-state index in [0.717, 1.165) is 11.0 Å². The molecular formula is C18H18N4O4S. The van der Waals surface area contributed by atoms with Gasteiger partial charge >= 0.3 is 0 Å². The molecule has 0 radical (unpaired) electrons. The van der Waals surface area contributed by atoms with Crippen molar-refractivity contribution in [2.75, 3.05) is 25.5 Å². The molecule has 0 saturated carbocycles. The molecule has 4 rings (SSSR count). The van der Waals surface area contributed by atoms with Crippen molar-refractivity contribution in [3.63, 3.8) is 0 Å². The summed E-state index contributed by atoms with van der Waals surface area (Å²) in [6.07, 6.45) is 1.71. The second kappa shape index (κ2) is 6.67. The zero-order valence-electron chi connectivity index (χ0n) is 14.6. The first kappa shape index (κ1) is 17.5. The molecule has 8 nitrogen and oxygen atoms in total. The van der Waals surface area contributed by atoms with Gasteiger partial charge in [0.25, 0.3) is 5.91 Å². The number of ether oxygens (including phenoxy) is 1. The molecule has 0 saturated heterocycles. The van der Waals surface area contributed by atoms with Gasteiger partial charge in [0.15, 0.2) is 6.61 Å². The van der Waals surface area contributed by atoms with Gasteiger partial charge in [-0.1, -0.05) is 12.1 Å². The fourth-order valence-electron chi connectivity index (χ4n) is 2.96. The van der Waals surface area contributed by atoms with Crippen molar-refractivity contribution in [1.29, 1.82) is 0 Å². The number of sulfonamides is 1. The molecule has 0 fully saturated rings. The Hall–Kier alpha value is -2.91. The Morgan fingerprint density at radius 3 is 2.93 bits per heavy atom. The molecule has 1 amide bonds. The second-order valence-corrected chi connectivity index (χ2v) is 8.29. The van der Waals surface area contributed by atoms with Crippen LogP contribution in [0.1, 0.15) is 0 Å². The van der Waals surface area contributed by atoms with Crippen molar-refractivity contribution in [1.82, 2.24) is 13.9 Å². The van der Waals surface area contributed by atoms with Crippen LogP contribution in [0.4, 0.5) is 5.69 Å². The van der Waals surface area contributed by atoms with Crippen LogP contribution >= 0.6 is 0 Å². The van der Waals surface area contributed by atoms with Gasteiger partial charge in [-0.25, -0.2) is 13.4 Å². The van der Waals surface area contributed by atoms with Gasteiger partial charge in [-0.3, -0.25) is 4.79 Å². The van der Waals surface area contributed by atoms with E-state index in [1.807, 2.05) is 28.8 Å². The van der Waals surface area contributed by atoms with Crippen molar-refractivity contribution < 1.29 is 17.9 Å². The number of nitrogens with zero attached hydrogens (tertiary/aromatic N) is 3. The van der Waals surface area contributed by atoms with Gasteiger partial charge in [-0.05, 0) is 30.3 Å². The highest BCUT2D eigenvalue weighted by Gasteiger charge is 2.24. The van der Waals surface area contributed by atoms with Gasteiger partial charge < -0.3 is 14.6 Å². The minimum atomic E-state index is -3.70. The highest BCUT2D eigenvalue weighted by Crippen LogP contribution is 2.31. The fourth-order valence-corrected chi connectivity index (χ4v) is 4.15. The summed E-state index contributed by atoms with van der Waals surface area (Å²) in [4.78, 5) is 15.9. The molecule has 140 valence electrons. The summed E-state index contributed by atoms with van der Waals surface area (Å²) in [5, 5.41) is 2.63. The van der Waals surface area contributed by atoms with Crippen LogP contribution < -0.4 is 10.1 Å². The molecule has 0 bridgehead atoms. The van der Waals surface area contributed by atoms with Crippen molar-refractivity contribution in [3.8, 4) is 5.75 Å². The van der Waals surface area contributed by atoms with Crippen molar-refractivity contribution in [3.05, 3.63) is 48.8 Å². The maximum atomic E-state index is 12.9. The third-order valence-electron chi connectivity index (χ3n) is 4.48. The van der Waals surface area contributed by atoms with E-state index in [0.29, 0.717) is 18.0 Å². The van der Waals surface area contributed by atoms with Crippen LogP contribution in [0, 0.1) is 0 Å². The lowest BCUT2D eigenvalue weighted by Gasteiger charge is -2.21. The number of benzene rings is 2. The van der Waals surface area contributed by atoms with Crippen LogP contribution in [0.2, 0.25) is 0 Å². The quantitative estimate of drug-likeness (QED) is 0.720. The first-order valence-electron chi connectivity index (χ1n) is 8.38. The molecule has 9 heteroatoms. The first-order valence-corrected chi connectivity index (χ1v) is 9.82. The summed E-state index contributed by atoms with van der Waals surface area (Å²) in [7, 11) is -2.17. The Kier molecular flexibility index (Phi) is 4.33. The van der Waals surface area contributed by atoms with Gasteiger partial charge in [0.1, 0.15) is 5.75 Å². The number of amides is 1. The van der Waals surface area contributed by atoms with Gasteiger partial charge in [0, 0.05) is 20.1 Å². The molecule has 1 N–H and O–H groups in total. The highest BCUT2D eigenvalue weighted by molar-refractivity contribution is 7.89. The predicted molar refractivity (Wildman–Crippen MR) is 100 cm³/mol. The SMILES string of the molecule is CN(CCn1cnc2ccccc21)S(=O)(=O)c1ccc2c(c1)NC(=O)CO2. The standard InChI is InChI=1S/C18H18N4O4S/c1-21(8-9-22-12-19-14-4-2-3-5-16(14)22)27(24,25)13-6-7-17-15(10-13)20-18(23)11-26-17/h2-7,10,12H,8-9,11H2,1H3,(H,20,23). The number of anilines is 1. The molecular weight excluding hydrogens is 368 g/mol. The molecule has 0 spiro atoms. The zero-order valence-corrected chi connectivity index (χ0v) is 15.4. The third-order valence-corrected chi connectivity index (χ3v) is 6.33. The number of likely N-dealkylation sites (N-methyl/N-ethyl adjacent to an activating group) is 1. The Morgan fingerprint density at radius 2 is 2.07 bits per heavy atom. The normalized spacial score (nSPS) is 14.1. The first-order chi connectivity index (χ1) is 12.9. The van der Waals surface area contributed by atoms with Gasteiger partial charge in [0.05, 0.1) is 27.9 Å². The molecule has 0 atom stereocenters. The summed E-state index contributed by atoms with van der Waals surface area (Å²) in [6, 6.07) is 12.1. The van der Waals surface area contributed by atoms with E-state index in [1.165, 1.54) is 23.5 Å². The Bertz CT molecular complexity index is 1120. The number of aromatic nitrogens is 2. The van der Waals surface area contributed by atoms with E-state index >= 15 is 0 Å². The Balaban J connectivity index is 1.53. The lowest BCUT2D eigenvalue weighted by molar-refractivity contribution is -0.118. The zero-order chi connectivity index (χ0) is 19.0. The van der Waals surface area contributed by atoms with Crippen molar-refractivity contribution >= 4 is 32.7 Å². The summed E-state index contributed by atoms with van der Waals surface area (Å²) in [5.41, 5.74) is 2.19. The number of rotatable bonds is 5. The molecule has 1 aromatic heterocycles. The summed E-state index contributed by atoms with van der Waals surface area (Å²) in [5.74, 6) is 0.151. The van der Waals surface area contributed by atoms with E-state index in [2.05, 4.69) is 10.3 Å². The van der Waals surface area contributed by atoms with E-state index in [-0.39, 0.29) is 24.0 Å². The highest BCUT2D eigenvalue weighted by atomic mass is 32.2. The average Bonchev–Trinajstić information content (AvgIpc) is 3.08. The molecule has 2 aromatic carbocycles. The van der Waals surface area contributed by atoms with Crippen LogP contribution in [0.5, 0.6) is 5.75 Å². The van der Waals surface area contributed by atoms with E-state index in [4.69, 9.17) is 4.74 Å². The average molecular weight is 386 g/mol. The number of imidazole rings is 1. The predicted octanol–water partition coefficient (Wildman–Crippen LogP) is 1.69. The minimum absolute atomic E-state index is 0.0716. The van der Waals surface area contributed by atoms with Gasteiger partial charge in [-0.2, -0.15) is 4.31 Å². The van der Waals surface area contributed by atoms with Crippen LogP contribution in [-0.2, 0) is 21.4 Å². The van der Waals surface area contributed by atoms with Crippen LogP contribution in [0.3, 0.4) is 0 Å². The van der Waals surface area contributed by atoms with Gasteiger partial charge in [0.2, 0.25) is 10.0 Å². The molecule has 27 heavy (non-hydrogen) atoms. The molecule has 0 unspecified atom stereocenters. The molecule has 1 aliphatic heterocycles. The summed E-state index contributed by atoms with van der Waals surface area (Å²) >= 11 is 0. The number of hydrogen-bond donors (Lipinski definition) is 1.